The zero-order valence-electron chi connectivity index (χ0n) is 90.9. The van der Waals surface area contributed by atoms with Crippen molar-refractivity contribution in [3.8, 4) is 67.5 Å². The summed E-state index contributed by atoms with van der Waals surface area (Å²) in [5.41, 5.74) is 46.0. The van der Waals surface area contributed by atoms with Gasteiger partial charge >= 0.3 is 0 Å². The van der Waals surface area contributed by atoms with Crippen molar-refractivity contribution in [1.82, 2.24) is 0 Å². The average Bonchev–Trinajstić information content (AvgIpc) is 1.58. The van der Waals surface area contributed by atoms with E-state index in [1.165, 1.54) is 306 Å². The Hall–Kier alpha value is -12.9. The topological polar surface area (TPSA) is 23.3 Å². The summed E-state index contributed by atoms with van der Waals surface area (Å²) in [5.74, 6) is 3.88. The van der Waals surface area contributed by atoms with Crippen LogP contribution in [0.1, 0.15) is 259 Å². The minimum absolute atomic E-state index is 0.550. The maximum absolute atomic E-state index is 2.44. The lowest BCUT2D eigenvalue weighted by atomic mass is 9.92. The van der Waals surface area contributed by atoms with E-state index < -0.39 is 0 Å². The van der Waals surface area contributed by atoms with E-state index in [9.17, 15) is 0 Å². The largest absolute Gasteiger partial charge is 0.220 e. The second-order valence-corrected chi connectivity index (χ2v) is 43.4. The number of pyridine rings is 6. The predicted octanol–water partition coefficient (Wildman–Crippen LogP) is 32.8. The van der Waals surface area contributed by atoms with Crippen LogP contribution in [0.25, 0.3) is 132 Å². The van der Waals surface area contributed by atoms with Crippen LogP contribution >= 0.6 is 0 Å². The molecule has 141 heavy (non-hydrogen) atoms. The smallest absolute Gasteiger partial charge is 0.200 e. The van der Waals surface area contributed by atoms with E-state index in [0.717, 1.165) is 18.3 Å². The molecular formula is C135H158N6+6. The van der Waals surface area contributed by atoms with E-state index in [1.54, 1.807) is 0 Å². The molecule has 0 radical (unpaired) electrons. The lowest BCUT2D eigenvalue weighted by molar-refractivity contribution is -0.659. The Balaban J connectivity index is 0.000000128. The third-order valence-corrected chi connectivity index (χ3v) is 30.7. The van der Waals surface area contributed by atoms with Crippen LogP contribution in [0.3, 0.4) is 0 Å². The molecule has 2 aliphatic rings. The first-order valence-electron chi connectivity index (χ1n) is 52.3. The van der Waals surface area contributed by atoms with Gasteiger partial charge in [0.1, 0.15) is 42.3 Å². The van der Waals surface area contributed by atoms with Gasteiger partial charge in [0.05, 0.1) is 43.4 Å². The van der Waals surface area contributed by atoms with Gasteiger partial charge in [-0.15, -0.1) is 0 Å². The number of aromatic nitrogens is 6. The standard InChI is InChI=1S/C24H28N.C23H26N.C23H28N.2C22H26N.C21H24N/c1-16-13-17(2)18(3)23(14-16)24-22-10-9-20(19-7-5-6-8-19)15-21(22)11-12-25(24)4;1-16-8-9-17(2)22(14-16)23-21-11-10-19(18-6-4-5-7-18)15-20(21)12-13-24(23)3;1-14(2)19-8-9-20-21(12-19)17(5)13-24(7)23(20)22-11-15(3)10-16(4)18(22)6;1-14(2)18-9-10-19-20(12-18)17(5)13-23(6)22(19)21-11-15(3)7-8-16(21)4;1-15(2)12-18-10-11-20-21(13-18)17(4)14-23(5)22(20)19-9-7-6-8-16(19)3;1-14(2)17-10-11-19-20(12-17)16(4)13-22(5)21(19)18-9-7-6-8-15(18)3/h9-15,19H,5-8H2,1-4H3;8-15,18H,4-7H2,1-3H3;8-14H,1-7H3;7-14H,1-6H3;6-11,13-15H,12H2,1-5H3;6-14H,1-5H3/q6*+1. The second-order valence-electron chi connectivity index (χ2n) is 43.4. The third kappa shape index (κ3) is 22.5. The Labute approximate surface area is 845 Å². The van der Waals surface area contributed by atoms with Gasteiger partial charge in [0, 0.05) is 56.6 Å². The van der Waals surface area contributed by atoms with Crippen LogP contribution in [-0.2, 0) is 48.7 Å². The molecule has 722 valence electrons. The Morgan fingerprint density at radius 3 is 0.879 bits per heavy atom. The highest BCUT2D eigenvalue weighted by Gasteiger charge is 2.29. The molecule has 0 spiro atoms. The maximum atomic E-state index is 2.44. The van der Waals surface area contributed by atoms with Crippen LogP contribution in [0.15, 0.2) is 268 Å². The normalized spacial score (nSPS) is 12.8. The van der Waals surface area contributed by atoms with Gasteiger partial charge in [0.2, 0.25) is 34.2 Å². The van der Waals surface area contributed by atoms with Gasteiger partial charge < -0.3 is 0 Å². The fraction of sp³-hybridized carbons (Fsp3) is 0.333. The van der Waals surface area contributed by atoms with Crippen molar-refractivity contribution < 1.29 is 27.4 Å². The Morgan fingerprint density at radius 2 is 0.532 bits per heavy atom. The van der Waals surface area contributed by atoms with Gasteiger partial charge in [-0.25, -0.2) is 27.4 Å². The van der Waals surface area contributed by atoms with Crippen molar-refractivity contribution >= 4 is 64.6 Å². The molecule has 2 saturated carbocycles. The molecule has 6 aromatic heterocycles. The Bertz CT molecular complexity index is 7720. The fourth-order valence-corrected chi connectivity index (χ4v) is 22.6. The third-order valence-electron chi connectivity index (χ3n) is 30.7. The first-order valence-corrected chi connectivity index (χ1v) is 52.3. The quantitative estimate of drug-likeness (QED) is 0.103. The van der Waals surface area contributed by atoms with Gasteiger partial charge in [-0.2, -0.15) is 0 Å². The van der Waals surface area contributed by atoms with Crippen molar-refractivity contribution in [3.63, 3.8) is 0 Å². The van der Waals surface area contributed by atoms with Crippen LogP contribution in [0, 0.1) is 117 Å². The SMILES string of the molecule is Cc1cc(C)c(C)c(-c2c3ccc(C(C)C)cc3c(C)c[n+]2C)c1.Cc1cc(C)c(C)c(-c2c3ccc(C4CCCC4)cc3cc[n+]2C)c1.Cc1ccc(C)c(-c2c3ccc(C(C)C)cc3c(C)c[n+]2C)c1.Cc1ccc(C)c(-c2c3ccc(C4CCCC4)cc3cc[n+]2C)c1.Cc1ccccc1-c1c2ccc(C(C)C)cc2c(C)c[n+]1C.Cc1ccccc1-c1c2ccc(CC(C)C)cc2c(C)c[n+]1C. The summed E-state index contributed by atoms with van der Waals surface area (Å²) in [6.07, 6.45) is 25.6. The second kappa shape index (κ2) is 44.1. The van der Waals surface area contributed by atoms with Crippen molar-refractivity contribution in [2.45, 2.75) is 254 Å². The molecule has 2 aliphatic carbocycles. The zero-order chi connectivity index (χ0) is 101. The minimum atomic E-state index is 0.550. The maximum Gasteiger partial charge on any atom is 0.220 e. The molecule has 20 rings (SSSR count). The van der Waals surface area contributed by atoms with E-state index in [4.69, 9.17) is 0 Å². The fourth-order valence-electron chi connectivity index (χ4n) is 22.6. The van der Waals surface area contributed by atoms with Crippen LogP contribution in [-0.4, -0.2) is 0 Å². The predicted molar refractivity (Wildman–Crippen MR) is 602 cm³/mol. The molecule has 0 N–H and O–H groups in total. The molecular weight excluding hydrogens is 1710 g/mol. The molecule has 18 aromatic rings. The van der Waals surface area contributed by atoms with E-state index in [0.29, 0.717) is 23.7 Å². The minimum Gasteiger partial charge on any atom is -0.200 e. The molecule has 0 atom stereocenters. The van der Waals surface area contributed by atoms with E-state index in [1.807, 2.05) is 0 Å². The molecule has 0 amide bonds. The van der Waals surface area contributed by atoms with Gasteiger partial charge in [-0.3, -0.25) is 0 Å². The van der Waals surface area contributed by atoms with Crippen LogP contribution in [0.4, 0.5) is 0 Å². The summed E-state index contributed by atoms with van der Waals surface area (Å²) in [5, 5.41) is 16.3. The van der Waals surface area contributed by atoms with Crippen molar-refractivity contribution in [2.75, 3.05) is 0 Å². The van der Waals surface area contributed by atoms with Gasteiger partial charge in [0.25, 0.3) is 0 Å². The average molecular weight is 1860 g/mol. The first kappa shape index (κ1) is 102. The summed E-state index contributed by atoms with van der Waals surface area (Å²) in [4.78, 5) is 0. The highest BCUT2D eigenvalue weighted by Crippen LogP contribution is 2.43. The lowest BCUT2D eigenvalue weighted by Crippen LogP contribution is -2.31. The molecule has 6 heteroatoms. The van der Waals surface area contributed by atoms with Gasteiger partial charge in [0.15, 0.2) is 37.2 Å². The van der Waals surface area contributed by atoms with Crippen LogP contribution in [0.2, 0.25) is 0 Å². The lowest BCUT2D eigenvalue weighted by Gasteiger charge is -2.14. The number of benzene rings is 12. The monoisotopic (exact) mass is 1860 g/mol. The summed E-state index contributed by atoms with van der Waals surface area (Å²) in [6, 6.07) is 86.6. The van der Waals surface area contributed by atoms with Crippen molar-refractivity contribution in [1.29, 1.82) is 0 Å². The molecule has 0 aliphatic heterocycles. The summed E-state index contributed by atoms with van der Waals surface area (Å²) >= 11 is 0. The van der Waals surface area contributed by atoms with Crippen LogP contribution in [0.5, 0.6) is 0 Å². The number of fused-ring (bicyclic) bond motifs is 6. The number of rotatable bonds is 13. The number of aryl methyl sites for hydroxylation is 20. The molecule has 12 aromatic carbocycles. The summed E-state index contributed by atoms with van der Waals surface area (Å²) in [6.45, 7) is 53.3. The van der Waals surface area contributed by atoms with E-state index >= 15 is 0 Å². The summed E-state index contributed by atoms with van der Waals surface area (Å²) in [7, 11) is 12.9. The van der Waals surface area contributed by atoms with Gasteiger partial charge in [-0.1, -0.05) is 249 Å². The Kier molecular flexibility index (Phi) is 32.0. The highest BCUT2D eigenvalue weighted by atomic mass is 15.0. The number of nitrogens with zero attached hydrogens (tertiary/aromatic N) is 6. The van der Waals surface area contributed by atoms with E-state index in [2.05, 4.69) is 504 Å². The van der Waals surface area contributed by atoms with Gasteiger partial charge in [-0.05, 0) is 361 Å². The first-order chi connectivity index (χ1) is 67.3. The Morgan fingerprint density at radius 1 is 0.234 bits per heavy atom. The highest BCUT2D eigenvalue weighted by molar-refractivity contribution is 6.01. The number of hydrogen-bond donors (Lipinski definition) is 0. The summed E-state index contributed by atoms with van der Waals surface area (Å²) < 4.78 is 13.6. The molecule has 0 unspecified atom stereocenters. The molecule has 2 fully saturated rings. The molecule has 0 saturated heterocycles. The zero-order valence-corrected chi connectivity index (χ0v) is 90.9. The molecule has 0 bridgehead atoms. The molecule has 6 nitrogen and oxygen atoms in total. The van der Waals surface area contributed by atoms with Crippen LogP contribution < -0.4 is 27.4 Å². The van der Waals surface area contributed by atoms with E-state index in [-0.39, 0.29) is 0 Å². The van der Waals surface area contributed by atoms with Crippen molar-refractivity contribution in [3.05, 3.63) is 390 Å². The van der Waals surface area contributed by atoms with Crippen molar-refractivity contribution in [2.24, 2.45) is 48.2 Å². The molecule has 6 heterocycles. The number of hydrogen-bond acceptors (Lipinski definition) is 0.